The number of anilines is 1. The number of benzene rings is 3. The minimum atomic E-state index is -0.0776. The molecule has 3 aromatic carbocycles. The van der Waals surface area contributed by atoms with Gasteiger partial charge in [0.15, 0.2) is 0 Å². The Morgan fingerprint density at radius 3 is 2.23 bits per heavy atom. The summed E-state index contributed by atoms with van der Waals surface area (Å²) in [4.78, 5) is 20.8. The number of aliphatic imine (C=N–C) groups is 1. The summed E-state index contributed by atoms with van der Waals surface area (Å²) >= 11 is 0. The molecule has 0 aromatic heterocycles. The van der Waals surface area contributed by atoms with Crippen molar-refractivity contribution in [1.29, 1.82) is 0 Å². The third-order valence-electron chi connectivity index (χ3n) is 4.77. The molecular weight excluding hydrogens is 487 g/mol. The minimum Gasteiger partial charge on any atom is -0.508 e. The molecule has 2 aliphatic rings. The second-order valence-electron chi connectivity index (χ2n) is 6.89. The van der Waals surface area contributed by atoms with Crippen molar-refractivity contribution in [3.8, 4) is 5.75 Å². The number of carbonyl (C=O) groups excluding carboxylic acids is 1. The molecule has 0 saturated carbocycles. The first-order valence-corrected chi connectivity index (χ1v) is 9.70. The zero-order chi connectivity index (χ0) is 20.8. The van der Waals surface area contributed by atoms with E-state index in [2.05, 4.69) is 22.0 Å². The molecule has 0 fully saturated rings. The van der Waals surface area contributed by atoms with Gasteiger partial charge in [0.2, 0.25) is 0 Å². The van der Waals surface area contributed by atoms with Crippen LogP contribution in [-0.4, -0.2) is 34.8 Å². The molecule has 1 N–H and O–H groups in total. The van der Waals surface area contributed by atoms with E-state index in [0.717, 1.165) is 11.3 Å². The molecule has 5 nitrogen and oxygen atoms in total. The molecule has 0 saturated heterocycles. The Morgan fingerprint density at radius 1 is 0.935 bits per heavy atom. The van der Waals surface area contributed by atoms with Gasteiger partial charge in [-0.05, 0) is 35.6 Å². The van der Waals surface area contributed by atoms with E-state index in [0.29, 0.717) is 31.2 Å². The van der Waals surface area contributed by atoms with E-state index < -0.39 is 0 Å². The van der Waals surface area contributed by atoms with Gasteiger partial charge >= 0.3 is 27.3 Å². The van der Waals surface area contributed by atoms with Crippen LogP contribution in [-0.2, 0) is 38.5 Å². The van der Waals surface area contributed by atoms with Crippen LogP contribution in [0.5, 0.6) is 5.75 Å². The van der Waals surface area contributed by atoms with Gasteiger partial charge in [0.25, 0.3) is 5.91 Å². The van der Waals surface area contributed by atoms with Crippen molar-refractivity contribution in [2.45, 2.75) is 6.42 Å². The summed E-state index contributed by atoms with van der Waals surface area (Å²) in [6, 6.07) is 29.3. The van der Waals surface area contributed by atoms with Crippen molar-refractivity contribution in [2.24, 2.45) is 4.99 Å². The normalized spacial score (nSPS) is 14.5. The Morgan fingerprint density at radius 2 is 1.61 bits per heavy atom. The summed E-state index contributed by atoms with van der Waals surface area (Å²) in [7, 11) is 0. The summed E-state index contributed by atoms with van der Waals surface area (Å²) in [6.45, 7) is 1.09. The first-order chi connectivity index (χ1) is 14.7. The SMILES string of the molecule is O=C1C(Cc2ccc(O)cc2)=NC2=[C-]CN(c3ccccc3)CN12.[Cd+2].[c-]1ccccc1. The first kappa shape index (κ1) is 22.7. The van der Waals surface area contributed by atoms with Crippen LogP contribution in [0.3, 0.4) is 0 Å². The molecule has 0 unspecified atom stereocenters. The fourth-order valence-electron chi connectivity index (χ4n) is 3.22. The summed E-state index contributed by atoms with van der Waals surface area (Å²) < 4.78 is 0. The Bertz CT molecular complexity index is 1020. The van der Waals surface area contributed by atoms with Gasteiger partial charge in [0.1, 0.15) is 11.5 Å². The number of amides is 1. The molecule has 2 aliphatic heterocycles. The van der Waals surface area contributed by atoms with E-state index in [1.165, 1.54) is 0 Å². The van der Waals surface area contributed by atoms with E-state index in [4.69, 9.17) is 0 Å². The van der Waals surface area contributed by atoms with Gasteiger partial charge in [-0.1, -0.05) is 30.3 Å². The van der Waals surface area contributed by atoms with Crippen LogP contribution in [0.1, 0.15) is 5.56 Å². The molecule has 31 heavy (non-hydrogen) atoms. The van der Waals surface area contributed by atoms with Crippen LogP contribution in [0.25, 0.3) is 0 Å². The summed E-state index contributed by atoms with van der Waals surface area (Å²) in [5, 5.41) is 9.35. The number of phenols is 1. The Hall–Kier alpha value is -2.94. The van der Waals surface area contributed by atoms with Crippen molar-refractivity contribution in [1.82, 2.24) is 4.90 Å². The van der Waals surface area contributed by atoms with Crippen LogP contribution in [0, 0.1) is 12.1 Å². The number of aromatic hydroxyl groups is 1. The number of nitrogens with zero attached hydrogens (tertiary/aromatic N) is 3. The van der Waals surface area contributed by atoms with Crippen LogP contribution in [0.4, 0.5) is 5.69 Å². The number of rotatable bonds is 3. The van der Waals surface area contributed by atoms with Crippen LogP contribution < -0.4 is 4.90 Å². The van der Waals surface area contributed by atoms with Gasteiger partial charge in [0.05, 0.1) is 6.67 Å². The third kappa shape index (κ3) is 5.82. The largest absolute Gasteiger partial charge is 2.00 e. The number of phenolic OH excluding ortho intramolecular Hbond substituents is 1. The van der Waals surface area contributed by atoms with Crippen molar-refractivity contribution in [3.05, 3.63) is 108 Å². The van der Waals surface area contributed by atoms with Gasteiger partial charge < -0.3 is 21.0 Å². The molecule has 6 heteroatoms. The van der Waals surface area contributed by atoms with Gasteiger partial charge in [-0.3, -0.25) is 9.79 Å². The zero-order valence-corrected chi connectivity index (χ0v) is 21.1. The van der Waals surface area contributed by atoms with Gasteiger partial charge in [-0.2, -0.15) is 36.4 Å². The Labute approximate surface area is 202 Å². The number of hydrogen-bond donors (Lipinski definition) is 1. The molecule has 150 valence electrons. The molecule has 0 aliphatic carbocycles. The van der Waals surface area contributed by atoms with E-state index in [1.807, 2.05) is 60.7 Å². The predicted octanol–water partition coefficient (Wildman–Crippen LogP) is 3.82. The van der Waals surface area contributed by atoms with Crippen LogP contribution in [0.15, 0.2) is 95.7 Å². The van der Waals surface area contributed by atoms with Crippen molar-refractivity contribution >= 4 is 17.3 Å². The topological polar surface area (TPSA) is 56.1 Å². The van der Waals surface area contributed by atoms with E-state index in [-0.39, 0.29) is 39.0 Å². The monoisotopic (exact) mass is 509 g/mol. The Kier molecular flexibility index (Phi) is 8.00. The molecule has 0 spiro atoms. The van der Waals surface area contributed by atoms with Crippen molar-refractivity contribution in [3.63, 3.8) is 0 Å². The molecule has 3 aromatic rings. The first-order valence-electron chi connectivity index (χ1n) is 9.70. The average molecular weight is 508 g/mol. The molecule has 2 heterocycles. The molecule has 0 radical (unpaired) electrons. The van der Waals surface area contributed by atoms with Crippen LogP contribution >= 0.6 is 0 Å². The summed E-state index contributed by atoms with van der Waals surface area (Å²) in [5.41, 5.74) is 2.52. The standard InChI is InChI=1S/C19H16N3O2.C6H5.Cd/c23-16-8-6-14(7-9-16)12-17-19(24)22-13-21(11-10-18(22)20-17)15-4-2-1-3-5-15;1-2-4-6-5-3-1;/h1-9,23H,11-13H2;1-5H;/q2*-1;+2. The maximum Gasteiger partial charge on any atom is 2.00 e. The maximum absolute atomic E-state index is 12.6. The Balaban J connectivity index is 0.000000338. The zero-order valence-electron chi connectivity index (χ0n) is 17.1. The average Bonchev–Trinajstić information content (AvgIpc) is 3.12. The van der Waals surface area contributed by atoms with Gasteiger partial charge in [0, 0.05) is 12.1 Å². The predicted molar refractivity (Wildman–Crippen MR) is 117 cm³/mol. The van der Waals surface area contributed by atoms with Crippen molar-refractivity contribution in [2.75, 3.05) is 18.1 Å². The fraction of sp³-hybridized carbons (Fsp3) is 0.120. The van der Waals surface area contributed by atoms with E-state index >= 15 is 0 Å². The quantitative estimate of drug-likeness (QED) is 0.433. The maximum atomic E-state index is 12.6. The second-order valence-corrected chi connectivity index (χ2v) is 6.89. The van der Waals surface area contributed by atoms with Gasteiger partial charge in [-0.15, -0.1) is 6.54 Å². The molecule has 0 bridgehead atoms. The van der Waals surface area contributed by atoms with Crippen LogP contribution in [0.2, 0.25) is 0 Å². The fourth-order valence-corrected chi connectivity index (χ4v) is 3.22. The molecule has 0 atom stereocenters. The molecule has 5 rings (SSSR count). The number of para-hydroxylation sites is 1. The smallest absolute Gasteiger partial charge is 0.508 e. The van der Waals surface area contributed by atoms with E-state index in [9.17, 15) is 9.90 Å². The summed E-state index contributed by atoms with van der Waals surface area (Å²) in [6.07, 6.45) is 3.66. The van der Waals surface area contributed by atoms with Crippen molar-refractivity contribution < 1.29 is 37.2 Å². The molecular formula is C25H21CdN3O2. The number of fused-ring (bicyclic) bond motifs is 1. The summed E-state index contributed by atoms with van der Waals surface area (Å²) in [5.74, 6) is 0.748. The number of hydrogen-bond acceptors (Lipinski definition) is 4. The van der Waals surface area contributed by atoms with E-state index in [1.54, 1.807) is 29.2 Å². The third-order valence-corrected chi connectivity index (χ3v) is 4.77. The number of carbonyl (C=O) groups is 1. The van der Waals surface area contributed by atoms with Gasteiger partial charge in [-0.25, -0.2) is 0 Å². The minimum absolute atomic E-state index is 0. The molecule has 1 amide bonds. The second kappa shape index (κ2) is 10.9.